The van der Waals surface area contributed by atoms with Crippen LogP contribution in [-0.2, 0) is 28.6 Å². The van der Waals surface area contributed by atoms with Crippen molar-refractivity contribution in [1.82, 2.24) is 0 Å². The van der Waals surface area contributed by atoms with Crippen molar-refractivity contribution in [2.45, 2.75) is 258 Å². The Morgan fingerprint density at radius 3 is 1.03 bits per heavy atom. The lowest BCUT2D eigenvalue weighted by atomic mass is 10.0. The van der Waals surface area contributed by atoms with Crippen molar-refractivity contribution >= 4 is 17.9 Å². The van der Waals surface area contributed by atoms with Crippen LogP contribution in [0.1, 0.15) is 252 Å². The molecule has 0 radical (unpaired) electrons. The van der Waals surface area contributed by atoms with Gasteiger partial charge in [-0.2, -0.15) is 0 Å². The highest BCUT2D eigenvalue weighted by Gasteiger charge is 2.19. The minimum absolute atomic E-state index is 0.101. The Labute approximate surface area is 401 Å². The van der Waals surface area contributed by atoms with E-state index in [2.05, 4.69) is 99.8 Å². The van der Waals surface area contributed by atoms with Crippen LogP contribution in [0.5, 0.6) is 0 Å². The third kappa shape index (κ3) is 51.4. The molecule has 0 amide bonds. The Morgan fingerprint density at radius 1 is 0.323 bits per heavy atom. The standard InChI is InChI=1S/C59H100O6/c1-4-7-10-13-16-19-22-25-27-28-29-30-32-34-37-40-43-46-49-52-58(61)64-55-56(54-63-57(60)51-48-45-42-39-36-33-24-21-18-15-12-9-6-3)65-59(62)53-50-47-44-41-38-35-31-26-23-20-17-14-11-8-5-2/h7,10,16,19,25-27,29-31,34,37,43,46,56H,4-6,8-9,11-15,17-18,20-24,28,32-33,35-36,38-42,44-45,47-55H2,1-3H3/b10-7-,19-16-,27-25-,30-29-,31-26-,37-34-,46-43-/t56-/m0/s1. The fourth-order valence-electron chi connectivity index (χ4n) is 7.35. The molecule has 0 aromatic heterocycles. The second-order valence-corrected chi connectivity index (χ2v) is 17.8. The summed E-state index contributed by atoms with van der Waals surface area (Å²) in [6, 6.07) is 0. The molecule has 0 heterocycles. The first-order chi connectivity index (χ1) is 32.0. The van der Waals surface area contributed by atoms with Crippen LogP contribution < -0.4 is 0 Å². The van der Waals surface area contributed by atoms with Crippen molar-refractivity contribution < 1.29 is 28.6 Å². The van der Waals surface area contributed by atoms with Crippen LogP contribution in [0.3, 0.4) is 0 Å². The fraction of sp³-hybridized carbons (Fsp3) is 0.712. The summed E-state index contributed by atoms with van der Waals surface area (Å²) < 4.78 is 16.7. The highest BCUT2D eigenvalue weighted by atomic mass is 16.6. The van der Waals surface area contributed by atoms with Crippen LogP contribution in [0.4, 0.5) is 0 Å². The van der Waals surface area contributed by atoms with Gasteiger partial charge in [0.2, 0.25) is 0 Å². The minimum atomic E-state index is -0.809. The fourth-order valence-corrected chi connectivity index (χ4v) is 7.35. The number of rotatable bonds is 48. The van der Waals surface area contributed by atoms with Gasteiger partial charge in [0.1, 0.15) is 13.2 Å². The van der Waals surface area contributed by atoms with Crippen LogP contribution in [0.25, 0.3) is 0 Å². The molecule has 0 N–H and O–H groups in total. The highest BCUT2D eigenvalue weighted by Crippen LogP contribution is 2.15. The molecule has 0 spiro atoms. The predicted molar refractivity (Wildman–Crippen MR) is 279 cm³/mol. The average molecular weight is 905 g/mol. The zero-order chi connectivity index (χ0) is 47.2. The van der Waals surface area contributed by atoms with Crippen LogP contribution in [-0.4, -0.2) is 37.2 Å². The number of allylic oxidation sites excluding steroid dienone is 14. The lowest BCUT2D eigenvalue weighted by Gasteiger charge is -2.18. The van der Waals surface area contributed by atoms with Gasteiger partial charge in [0.05, 0.1) is 0 Å². The van der Waals surface area contributed by atoms with E-state index in [1.807, 2.05) is 6.08 Å². The van der Waals surface area contributed by atoms with Gasteiger partial charge in [0, 0.05) is 19.3 Å². The van der Waals surface area contributed by atoms with Gasteiger partial charge in [0.15, 0.2) is 6.10 Å². The number of carbonyl (C=O) groups is 3. The zero-order valence-electron chi connectivity index (χ0n) is 42.5. The topological polar surface area (TPSA) is 78.9 Å². The maximum absolute atomic E-state index is 12.8. The lowest BCUT2D eigenvalue weighted by Crippen LogP contribution is -2.30. The van der Waals surface area contributed by atoms with E-state index in [0.717, 1.165) is 89.9 Å². The normalized spacial score (nSPS) is 12.7. The largest absolute Gasteiger partial charge is 0.462 e. The maximum atomic E-state index is 12.8. The van der Waals surface area contributed by atoms with Gasteiger partial charge in [-0.1, -0.05) is 234 Å². The molecule has 6 heteroatoms. The molecule has 0 aliphatic carbocycles. The molecule has 372 valence electrons. The molecule has 0 saturated carbocycles. The number of ether oxygens (including phenoxy) is 3. The smallest absolute Gasteiger partial charge is 0.306 e. The summed E-state index contributed by atoms with van der Waals surface area (Å²) in [5, 5.41) is 0. The Kier molecular flexibility index (Phi) is 50.4. The summed E-state index contributed by atoms with van der Waals surface area (Å²) in [4.78, 5) is 38.0. The van der Waals surface area contributed by atoms with Crippen molar-refractivity contribution in [3.63, 3.8) is 0 Å². The predicted octanol–water partition coefficient (Wildman–Crippen LogP) is 18.0. The first-order valence-electron chi connectivity index (χ1n) is 27.1. The number of hydrogen-bond donors (Lipinski definition) is 0. The van der Waals surface area contributed by atoms with Gasteiger partial charge in [-0.05, 0) is 83.5 Å². The summed E-state index contributed by atoms with van der Waals surface area (Å²) in [6.45, 7) is 6.45. The van der Waals surface area contributed by atoms with Crippen molar-refractivity contribution in [2.75, 3.05) is 13.2 Å². The number of hydrogen-bond acceptors (Lipinski definition) is 6. The van der Waals surface area contributed by atoms with Crippen LogP contribution in [0, 0.1) is 0 Å². The van der Waals surface area contributed by atoms with E-state index in [-0.39, 0.29) is 37.5 Å². The molecule has 0 aromatic carbocycles. The van der Waals surface area contributed by atoms with E-state index in [1.54, 1.807) is 0 Å². The minimum Gasteiger partial charge on any atom is -0.462 e. The molecular weight excluding hydrogens is 805 g/mol. The van der Waals surface area contributed by atoms with Crippen molar-refractivity contribution in [3.8, 4) is 0 Å². The van der Waals surface area contributed by atoms with E-state index >= 15 is 0 Å². The summed E-state index contributed by atoms with van der Waals surface area (Å²) in [6.07, 6.45) is 68.6. The van der Waals surface area contributed by atoms with Crippen LogP contribution >= 0.6 is 0 Å². The molecule has 0 rings (SSSR count). The van der Waals surface area contributed by atoms with E-state index in [1.165, 1.54) is 116 Å². The third-order valence-corrected chi connectivity index (χ3v) is 11.4. The monoisotopic (exact) mass is 905 g/mol. The average Bonchev–Trinajstić information content (AvgIpc) is 3.30. The van der Waals surface area contributed by atoms with Gasteiger partial charge in [-0.25, -0.2) is 0 Å². The summed E-state index contributed by atoms with van der Waals surface area (Å²) in [7, 11) is 0. The highest BCUT2D eigenvalue weighted by molar-refractivity contribution is 5.71. The number of unbranched alkanes of at least 4 members (excludes halogenated alkanes) is 23. The lowest BCUT2D eigenvalue weighted by molar-refractivity contribution is -0.166. The van der Waals surface area contributed by atoms with Crippen LogP contribution in [0.15, 0.2) is 85.1 Å². The Balaban J connectivity index is 4.50. The summed E-state index contributed by atoms with van der Waals surface area (Å²) >= 11 is 0. The molecular formula is C59H100O6. The Bertz CT molecular complexity index is 1270. The third-order valence-electron chi connectivity index (χ3n) is 11.4. The second-order valence-electron chi connectivity index (χ2n) is 17.8. The van der Waals surface area contributed by atoms with E-state index in [9.17, 15) is 14.4 Å². The molecule has 6 nitrogen and oxygen atoms in total. The van der Waals surface area contributed by atoms with Crippen molar-refractivity contribution in [3.05, 3.63) is 85.1 Å². The number of carbonyl (C=O) groups excluding carboxylic acids is 3. The second kappa shape index (κ2) is 53.2. The van der Waals surface area contributed by atoms with Crippen molar-refractivity contribution in [1.29, 1.82) is 0 Å². The SMILES string of the molecule is CC/C=C\C/C=C\C/C=C\C/C=C\C/C=C\C/C=C\CCC(=O)OC[C@H](COC(=O)CCCCCCCCCCCCCCC)OC(=O)CCCCCCC/C=C\CCCCCCCC. The molecule has 0 aromatic rings. The number of esters is 3. The molecule has 0 aliphatic heterocycles. The van der Waals surface area contributed by atoms with Gasteiger partial charge < -0.3 is 14.2 Å². The molecule has 0 unspecified atom stereocenters. The van der Waals surface area contributed by atoms with Gasteiger partial charge in [-0.15, -0.1) is 0 Å². The van der Waals surface area contributed by atoms with Crippen LogP contribution in [0.2, 0.25) is 0 Å². The van der Waals surface area contributed by atoms with E-state index in [0.29, 0.717) is 19.3 Å². The molecule has 0 fully saturated rings. The van der Waals surface area contributed by atoms with Gasteiger partial charge >= 0.3 is 17.9 Å². The molecule has 0 saturated heterocycles. The van der Waals surface area contributed by atoms with E-state index < -0.39 is 6.10 Å². The molecule has 65 heavy (non-hydrogen) atoms. The maximum Gasteiger partial charge on any atom is 0.306 e. The van der Waals surface area contributed by atoms with Crippen molar-refractivity contribution in [2.24, 2.45) is 0 Å². The van der Waals surface area contributed by atoms with Gasteiger partial charge in [0.25, 0.3) is 0 Å². The Hall–Kier alpha value is -3.41. The van der Waals surface area contributed by atoms with Gasteiger partial charge in [-0.3, -0.25) is 14.4 Å². The quantitative estimate of drug-likeness (QED) is 0.0262. The molecule has 0 bridgehead atoms. The summed E-state index contributed by atoms with van der Waals surface area (Å²) in [5.41, 5.74) is 0. The first kappa shape index (κ1) is 61.6. The zero-order valence-corrected chi connectivity index (χ0v) is 42.5. The van der Waals surface area contributed by atoms with E-state index in [4.69, 9.17) is 14.2 Å². The Morgan fingerprint density at radius 2 is 0.631 bits per heavy atom. The molecule has 1 atom stereocenters. The first-order valence-corrected chi connectivity index (χ1v) is 27.1. The summed E-state index contributed by atoms with van der Waals surface area (Å²) in [5.74, 6) is -0.995. The molecule has 0 aliphatic rings.